The minimum Gasteiger partial charge on any atom is -0.471 e. The number of fused-ring (bicyclic) bond motifs is 3. The van der Waals surface area contributed by atoms with Crippen LogP contribution in [0.15, 0.2) is 97.1 Å². The third-order valence-corrected chi connectivity index (χ3v) is 5.02. The summed E-state index contributed by atoms with van der Waals surface area (Å²) in [6.07, 6.45) is -0.171. The molecule has 0 radical (unpaired) electrons. The van der Waals surface area contributed by atoms with Crippen LogP contribution in [0.2, 0.25) is 0 Å². The Morgan fingerprint density at radius 3 is 2.04 bits per heavy atom. The fourth-order valence-electron chi connectivity index (χ4n) is 3.77. The summed E-state index contributed by atoms with van der Waals surface area (Å²) in [6.45, 7) is 0. The molecule has 2 heteroatoms. The molecule has 2 atom stereocenters. The maximum atomic E-state index is 6.37. The molecule has 4 aromatic rings. The molecular formula is C24H19NO. The van der Waals surface area contributed by atoms with Gasteiger partial charge in [0.2, 0.25) is 0 Å². The number of ether oxygens (including phenoxy) is 1. The number of rotatable bonds is 2. The van der Waals surface area contributed by atoms with Crippen LogP contribution < -0.4 is 10.1 Å². The molecule has 126 valence electrons. The zero-order chi connectivity index (χ0) is 17.3. The molecule has 0 aliphatic carbocycles. The van der Waals surface area contributed by atoms with E-state index in [0.29, 0.717) is 0 Å². The van der Waals surface area contributed by atoms with Crippen molar-refractivity contribution >= 4 is 10.8 Å². The van der Waals surface area contributed by atoms with Gasteiger partial charge in [0.1, 0.15) is 5.75 Å². The lowest BCUT2D eigenvalue weighted by molar-refractivity contribution is 0.134. The zero-order valence-corrected chi connectivity index (χ0v) is 14.3. The molecule has 1 aliphatic heterocycles. The molecule has 2 nitrogen and oxygen atoms in total. The number of nitrogens with one attached hydrogen (secondary N) is 1. The molecule has 1 heterocycles. The number of hydrogen-bond donors (Lipinski definition) is 1. The van der Waals surface area contributed by atoms with E-state index in [0.717, 1.165) is 11.3 Å². The summed E-state index contributed by atoms with van der Waals surface area (Å²) in [4.78, 5) is 0. The van der Waals surface area contributed by atoms with Gasteiger partial charge in [0.05, 0.1) is 6.04 Å². The first kappa shape index (κ1) is 15.2. The predicted molar refractivity (Wildman–Crippen MR) is 105 cm³/mol. The van der Waals surface area contributed by atoms with Crippen LogP contribution in [0.3, 0.4) is 0 Å². The fourth-order valence-corrected chi connectivity index (χ4v) is 3.77. The molecule has 4 aromatic carbocycles. The Morgan fingerprint density at radius 1 is 0.615 bits per heavy atom. The Morgan fingerprint density at radius 2 is 1.27 bits per heavy atom. The van der Waals surface area contributed by atoms with Gasteiger partial charge in [0.25, 0.3) is 0 Å². The molecule has 1 N–H and O–H groups in total. The highest BCUT2D eigenvalue weighted by Gasteiger charge is 2.30. The first-order chi connectivity index (χ1) is 12.9. The summed E-state index contributed by atoms with van der Waals surface area (Å²) >= 11 is 0. The van der Waals surface area contributed by atoms with Crippen LogP contribution in [-0.2, 0) is 0 Å². The quantitative estimate of drug-likeness (QED) is 0.513. The molecule has 26 heavy (non-hydrogen) atoms. The fraction of sp³-hybridized carbons (Fsp3) is 0.0833. The van der Waals surface area contributed by atoms with E-state index in [9.17, 15) is 0 Å². The van der Waals surface area contributed by atoms with Crippen molar-refractivity contribution in [3.63, 3.8) is 0 Å². The van der Waals surface area contributed by atoms with Gasteiger partial charge in [0, 0.05) is 11.1 Å². The summed E-state index contributed by atoms with van der Waals surface area (Å²) in [6, 6.07) is 33.8. The third kappa shape index (κ3) is 2.56. The summed E-state index contributed by atoms with van der Waals surface area (Å²) < 4.78 is 6.37. The third-order valence-electron chi connectivity index (χ3n) is 5.02. The van der Waals surface area contributed by atoms with E-state index in [2.05, 4.69) is 84.2 Å². The maximum absolute atomic E-state index is 6.37. The zero-order valence-electron chi connectivity index (χ0n) is 14.3. The highest BCUT2D eigenvalue weighted by molar-refractivity contribution is 5.89. The van der Waals surface area contributed by atoms with Crippen LogP contribution in [0.25, 0.3) is 10.8 Å². The highest BCUT2D eigenvalue weighted by atomic mass is 16.5. The van der Waals surface area contributed by atoms with Crippen molar-refractivity contribution in [3.8, 4) is 5.75 Å². The van der Waals surface area contributed by atoms with Crippen LogP contribution in [0.5, 0.6) is 5.75 Å². The van der Waals surface area contributed by atoms with Gasteiger partial charge in [-0.2, -0.15) is 0 Å². The molecule has 0 fully saturated rings. The lowest BCUT2D eigenvalue weighted by atomic mass is 9.91. The first-order valence-electron chi connectivity index (χ1n) is 8.94. The summed E-state index contributed by atoms with van der Waals surface area (Å²) in [5.74, 6) is 0.949. The molecule has 0 unspecified atom stereocenters. The summed E-state index contributed by atoms with van der Waals surface area (Å²) in [5, 5.41) is 6.18. The second-order valence-electron chi connectivity index (χ2n) is 6.62. The molecule has 0 aromatic heterocycles. The topological polar surface area (TPSA) is 21.3 Å². The second-order valence-corrected chi connectivity index (χ2v) is 6.62. The highest BCUT2D eigenvalue weighted by Crippen LogP contribution is 2.42. The predicted octanol–water partition coefficient (Wildman–Crippen LogP) is 5.61. The van der Waals surface area contributed by atoms with E-state index in [4.69, 9.17) is 4.74 Å². The van der Waals surface area contributed by atoms with Crippen molar-refractivity contribution in [1.29, 1.82) is 0 Å². The van der Waals surface area contributed by atoms with Crippen LogP contribution in [0.4, 0.5) is 0 Å². The van der Waals surface area contributed by atoms with E-state index >= 15 is 0 Å². The Kier molecular flexibility index (Phi) is 3.69. The standard InChI is InChI=1S/C24H19NO/c1-3-10-18(11-4-1)23-22-20-14-8-7-9-17(20)15-16-21(22)26-24(25-23)19-12-5-2-6-13-19/h1-16,23-25H/t23-,24+/m0/s1. The molecule has 0 spiro atoms. The smallest absolute Gasteiger partial charge is 0.177 e. The van der Waals surface area contributed by atoms with E-state index in [1.54, 1.807) is 0 Å². The number of hydrogen-bond acceptors (Lipinski definition) is 2. The number of benzene rings is 4. The van der Waals surface area contributed by atoms with Crippen molar-refractivity contribution in [3.05, 3.63) is 114 Å². The van der Waals surface area contributed by atoms with Gasteiger partial charge in [0.15, 0.2) is 6.23 Å². The van der Waals surface area contributed by atoms with Crippen LogP contribution in [0, 0.1) is 0 Å². The van der Waals surface area contributed by atoms with Gasteiger partial charge < -0.3 is 4.74 Å². The molecule has 0 saturated carbocycles. The lowest BCUT2D eigenvalue weighted by Gasteiger charge is -2.35. The molecule has 5 rings (SSSR count). The minimum absolute atomic E-state index is 0.0799. The van der Waals surface area contributed by atoms with Crippen molar-refractivity contribution < 1.29 is 4.74 Å². The van der Waals surface area contributed by atoms with E-state index in [1.165, 1.54) is 21.9 Å². The first-order valence-corrected chi connectivity index (χ1v) is 8.94. The van der Waals surface area contributed by atoms with E-state index in [1.807, 2.05) is 18.2 Å². The van der Waals surface area contributed by atoms with E-state index < -0.39 is 0 Å². The average molecular weight is 337 g/mol. The monoisotopic (exact) mass is 337 g/mol. The van der Waals surface area contributed by atoms with Gasteiger partial charge in [-0.15, -0.1) is 0 Å². The average Bonchev–Trinajstić information content (AvgIpc) is 2.74. The van der Waals surface area contributed by atoms with Gasteiger partial charge in [-0.05, 0) is 22.4 Å². The van der Waals surface area contributed by atoms with Gasteiger partial charge >= 0.3 is 0 Å². The Labute approximate surface area is 153 Å². The van der Waals surface area contributed by atoms with Crippen molar-refractivity contribution in [2.24, 2.45) is 0 Å². The van der Waals surface area contributed by atoms with Crippen LogP contribution >= 0.6 is 0 Å². The molecule has 0 saturated heterocycles. The molecule has 1 aliphatic rings. The van der Waals surface area contributed by atoms with Gasteiger partial charge in [-0.3, -0.25) is 5.32 Å². The maximum Gasteiger partial charge on any atom is 0.177 e. The normalized spacial score (nSPS) is 18.9. The van der Waals surface area contributed by atoms with Crippen molar-refractivity contribution in [2.75, 3.05) is 0 Å². The molecule has 0 bridgehead atoms. The largest absolute Gasteiger partial charge is 0.471 e. The Hall–Kier alpha value is -3.10. The SMILES string of the molecule is c1ccc([C@@H]2N[C@@H](c3ccccc3)Oc3ccc4ccccc4c32)cc1. The molecule has 0 amide bonds. The van der Waals surface area contributed by atoms with Crippen LogP contribution in [-0.4, -0.2) is 0 Å². The summed E-state index contributed by atoms with van der Waals surface area (Å²) in [7, 11) is 0. The molecular weight excluding hydrogens is 318 g/mol. The summed E-state index contributed by atoms with van der Waals surface area (Å²) in [5.41, 5.74) is 3.59. The Balaban J connectivity index is 1.70. The van der Waals surface area contributed by atoms with Gasteiger partial charge in [-0.1, -0.05) is 91.0 Å². The van der Waals surface area contributed by atoms with Crippen LogP contribution in [0.1, 0.15) is 29.0 Å². The lowest BCUT2D eigenvalue weighted by Crippen LogP contribution is -2.35. The van der Waals surface area contributed by atoms with E-state index in [-0.39, 0.29) is 12.3 Å². The second kappa shape index (κ2) is 6.32. The van der Waals surface area contributed by atoms with Crippen molar-refractivity contribution in [2.45, 2.75) is 12.3 Å². The van der Waals surface area contributed by atoms with Gasteiger partial charge in [-0.25, -0.2) is 0 Å². The Bertz CT molecular complexity index is 1040. The minimum atomic E-state index is -0.171. The van der Waals surface area contributed by atoms with Crippen molar-refractivity contribution in [1.82, 2.24) is 5.32 Å².